The van der Waals surface area contributed by atoms with Gasteiger partial charge >= 0.3 is 0 Å². The van der Waals surface area contributed by atoms with Crippen molar-refractivity contribution in [1.82, 2.24) is 29.9 Å². The maximum absolute atomic E-state index is 14.1. The summed E-state index contributed by atoms with van der Waals surface area (Å²) in [6.45, 7) is 3.38. The van der Waals surface area contributed by atoms with Crippen LogP contribution in [0.2, 0.25) is 0 Å². The molecule has 0 fully saturated rings. The lowest BCUT2D eigenvalue weighted by Gasteiger charge is -2.18. The average Bonchev–Trinajstić information content (AvgIpc) is 3.47. The van der Waals surface area contributed by atoms with Crippen LogP contribution in [0.3, 0.4) is 0 Å². The van der Waals surface area contributed by atoms with E-state index in [1.807, 2.05) is 0 Å². The lowest BCUT2D eigenvalue weighted by atomic mass is 9.84. The second-order valence-electron chi connectivity index (χ2n) is 7.68. The van der Waals surface area contributed by atoms with Gasteiger partial charge in [-0.1, -0.05) is 18.2 Å². The molecule has 168 valence electrons. The minimum absolute atomic E-state index is 0.0642. The Hall–Kier alpha value is -4.35. The summed E-state index contributed by atoms with van der Waals surface area (Å²) in [7, 11) is 1.48. The van der Waals surface area contributed by atoms with Crippen LogP contribution in [0.4, 0.5) is 16.0 Å². The molecule has 0 aliphatic carbocycles. The number of amides is 1. The summed E-state index contributed by atoms with van der Waals surface area (Å²) < 4.78 is 26.5. The van der Waals surface area contributed by atoms with Gasteiger partial charge in [0.15, 0.2) is 11.2 Å². The number of anilines is 2. The Bertz CT molecular complexity index is 1400. The maximum atomic E-state index is 14.1. The number of fused-ring (bicyclic) bond motifs is 1. The SMILES string of the molecule is COc1cc(-c2nc(N)c3c(n2)NC(=O)C3(C)c2nnc(C)o2)nn1Cc1ccccc1F. The predicted octanol–water partition coefficient (Wildman–Crippen LogP) is 2.07. The molecule has 4 aromatic rings. The fraction of sp³-hybridized carbons (Fsp3) is 0.238. The van der Waals surface area contributed by atoms with E-state index in [9.17, 15) is 9.18 Å². The van der Waals surface area contributed by atoms with Gasteiger partial charge in [0, 0.05) is 18.6 Å². The number of benzene rings is 1. The molecule has 33 heavy (non-hydrogen) atoms. The Balaban J connectivity index is 1.56. The zero-order valence-corrected chi connectivity index (χ0v) is 18.0. The molecule has 3 aromatic heterocycles. The number of methoxy groups -OCH3 is 1. The molecular weight excluding hydrogens is 431 g/mol. The van der Waals surface area contributed by atoms with Crippen LogP contribution in [0.25, 0.3) is 11.5 Å². The largest absolute Gasteiger partial charge is 0.481 e. The molecule has 3 N–H and O–H groups in total. The van der Waals surface area contributed by atoms with Gasteiger partial charge < -0.3 is 20.2 Å². The first-order valence-electron chi connectivity index (χ1n) is 9.97. The smallest absolute Gasteiger partial charge is 0.245 e. The molecule has 1 unspecified atom stereocenters. The minimum atomic E-state index is -1.33. The number of ether oxygens (including phenoxy) is 1. The molecule has 1 atom stereocenters. The molecule has 1 aromatic carbocycles. The van der Waals surface area contributed by atoms with E-state index in [0.717, 1.165) is 0 Å². The van der Waals surface area contributed by atoms with Crippen LogP contribution in [0.15, 0.2) is 34.7 Å². The number of nitrogens with two attached hydrogens (primary N) is 1. The third kappa shape index (κ3) is 3.18. The number of hydrogen-bond donors (Lipinski definition) is 2. The highest BCUT2D eigenvalue weighted by molar-refractivity contribution is 6.08. The van der Waals surface area contributed by atoms with Crippen molar-refractivity contribution < 1.29 is 18.3 Å². The second kappa shape index (κ2) is 7.36. The molecule has 1 aliphatic rings. The summed E-state index contributed by atoms with van der Waals surface area (Å²) in [5.41, 5.74) is 6.06. The van der Waals surface area contributed by atoms with Crippen molar-refractivity contribution in [3.05, 3.63) is 59.1 Å². The third-order valence-electron chi connectivity index (χ3n) is 5.54. The van der Waals surface area contributed by atoms with Gasteiger partial charge in [0.05, 0.1) is 19.2 Å². The Kier molecular flexibility index (Phi) is 4.58. The Labute approximate surface area is 186 Å². The van der Waals surface area contributed by atoms with Crippen LogP contribution >= 0.6 is 0 Å². The molecule has 1 amide bonds. The molecular formula is C21H19FN8O3. The van der Waals surface area contributed by atoms with E-state index >= 15 is 0 Å². The number of carbonyl (C=O) groups is 1. The minimum Gasteiger partial charge on any atom is -0.481 e. The quantitative estimate of drug-likeness (QED) is 0.466. The number of aromatic nitrogens is 6. The van der Waals surface area contributed by atoms with Gasteiger partial charge in [0.1, 0.15) is 23.1 Å². The van der Waals surface area contributed by atoms with E-state index in [2.05, 4.69) is 30.6 Å². The van der Waals surface area contributed by atoms with Crippen LogP contribution in [-0.4, -0.2) is 43.0 Å². The van der Waals surface area contributed by atoms with E-state index in [1.54, 1.807) is 38.1 Å². The van der Waals surface area contributed by atoms with Gasteiger partial charge in [-0.15, -0.1) is 10.2 Å². The average molecular weight is 450 g/mol. The van der Waals surface area contributed by atoms with Crippen molar-refractivity contribution in [2.24, 2.45) is 0 Å². The predicted molar refractivity (Wildman–Crippen MR) is 114 cm³/mol. The molecule has 11 nitrogen and oxygen atoms in total. The lowest BCUT2D eigenvalue weighted by Crippen LogP contribution is -2.33. The van der Waals surface area contributed by atoms with Crippen molar-refractivity contribution in [1.29, 1.82) is 0 Å². The van der Waals surface area contributed by atoms with Crippen molar-refractivity contribution in [3.8, 4) is 17.4 Å². The van der Waals surface area contributed by atoms with Crippen LogP contribution < -0.4 is 15.8 Å². The molecule has 0 radical (unpaired) electrons. The first-order chi connectivity index (χ1) is 15.8. The van der Waals surface area contributed by atoms with Crippen LogP contribution in [0.1, 0.15) is 29.8 Å². The molecule has 0 bridgehead atoms. The summed E-state index contributed by atoms with van der Waals surface area (Å²) in [5, 5.41) is 15.0. The van der Waals surface area contributed by atoms with Gasteiger partial charge in [0.25, 0.3) is 0 Å². The molecule has 1 aliphatic heterocycles. The fourth-order valence-electron chi connectivity index (χ4n) is 3.80. The Morgan fingerprint density at radius 2 is 2.06 bits per heavy atom. The highest BCUT2D eigenvalue weighted by atomic mass is 19.1. The molecule has 5 rings (SSSR count). The number of nitrogen functional groups attached to an aromatic ring is 1. The first kappa shape index (κ1) is 20.5. The summed E-state index contributed by atoms with van der Waals surface area (Å²) in [6, 6.07) is 8.00. The maximum Gasteiger partial charge on any atom is 0.245 e. The summed E-state index contributed by atoms with van der Waals surface area (Å²) in [6.07, 6.45) is 0. The van der Waals surface area contributed by atoms with E-state index in [-0.39, 0.29) is 35.7 Å². The van der Waals surface area contributed by atoms with Crippen molar-refractivity contribution >= 4 is 17.5 Å². The Morgan fingerprint density at radius 3 is 2.76 bits per heavy atom. The van der Waals surface area contributed by atoms with Gasteiger partial charge in [-0.2, -0.15) is 5.10 Å². The van der Waals surface area contributed by atoms with Gasteiger partial charge in [-0.05, 0) is 13.0 Å². The standard InChI is InChI=1S/C21H19FN8O3/c1-10-27-28-20(33-10)21(2)15-16(23)24-17(25-18(15)26-19(21)31)13-8-14(32-3)30(29-13)9-11-6-4-5-7-12(11)22/h4-8H,9H2,1-3H3,(H3,23,24,25,26,31). The summed E-state index contributed by atoms with van der Waals surface area (Å²) in [5.74, 6) is 0.480. The highest BCUT2D eigenvalue weighted by Crippen LogP contribution is 2.44. The zero-order valence-electron chi connectivity index (χ0n) is 18.0. The number of hydrogen-bond acceptors (Lipinski definition) is 9. The Morgan fingerprint density at radius 1 is 1.27 bits per heavy atom. The van der Waals surface area contributed by atoms with Crippen LogP contribution in [0.5, 0.6) is 5.88 Å². The van der Waals surface area contributed by atoms with Gasteiger partial charge in [-0.3, -0.25) is 4.79 Å². The van der Waals surface area contributed by atoms with Crippen molar-refractivity contribution in [2.45, 2.75) is 25.8 Å². The van der Waals surface area contributed by atoms with Crippen molar-refractivity contribution in [3.63, 3.8) is 0 Å². The van der Waals surface area contributed by atoms with E-state index in [1.165, 1.54) is 17.9 Å². The number of aryl methyl sites for hydroxylation is 1. The fourth-order valence-corrected chi connectivity index (χ4v) is 3.80. The van der Waals surface area contributed by atoms with Crippen molar-refractivity contribution in [2.75, 3.05) is 18.2 Å². The topological polar surface area (TPSA) is 147 Å². The molecule has 0 saturated carbocycles. The number of nitrogens with one attached hydrogen (secondary N) is 1. The molecule has 4 heterocycles. The summed E-state index contributed by atoms with van der Waals surface area (Å²) in [4.78, 5) is 21.7. The second-order valence-corrected chi connectivity index (χ2v) is 7.68. The number of nitrogens with zero attached hydrogens (tertiary/aromatic N) is 6. The van der Waals surface area contributed by atoms with Crippen LogP contribution in [0, 0.1) is 12.7 Å². The highest BCUT2D eigenvalue weighted by Gasteiger charge is 2.51. The molecule has 0 spiro atoms. The third-order valence-corrected chi connectivity index (χ3v) is 5.54. The van der Waals surface area contributed by atoms with E-state index < -0.39 is 11.3 Å². The normalized spacial score (nSPS) is 17.2. The first-order valence-corrected chi connectivity index (χ1v) is 9.97. The monoisotopic (exact) mass is 450 g/mol. The summed E-state index contributed by atoms with van der Waals surface area (Å²) >= 11 is 0. The number of rotatable bonds is 5. The lowest BCUT2D eigenvalue weighted by molar-refractivity contribution is -0.119. The van der Waals surface area contributed by atoms with E-state index in [0.29, 0.717) is 28.6 Å². The van der Waals surface area contributed by atoms with Gasteiger partial charge in [-0.25, -0.2) is 19.0 Å². The van der Waals surface area contributed by atoms with Crippen LogP contribution in [-0.2, 0) is 16.8 Å². The molecule has 12 heteroatoms. The van der Waals surface area contributed by atoms with Gasteiger partial charge in [0.2, 0.25) is 23.6 Å². The molecule has 0 saturated heterocycles. The van der Waals surface area contributed by atoms with E-state index in [4.69, 9.17) is 14.9 Å². The zero-order chi connectivity index (χ0) is 23.3. The number of carbonyl (C=O) groups excluding carboxylic acids is 1. The number of halogens is 1.